The minimum Gasteiger partial charge on any atom is -0.316 e. The van der Waals surface area contributed by atoms with Gasteiger partial charge in [0.2, 0.25) is 0 Å². The molecule has 2 atom stereocenters. The van der Waals surface area contributed by atoms with Gasteiger partial charge >= 0.3 is 22.5 Å². The number of hydrogen-bond donors (Lipinski definition) is 0. The predicted molar refractivity (Wildman–Crippen MR) is 126 cm³/mol. The van der Waals surface area contributed by atoms with Gasteiger partial charge in [0.05, 0.1) is 13.1 Å². The summed E-state index contributed by atoms with van der Waals surface area (Å²) in [6.07, 6.45) is 3.35. The van der Waals surface area contributed by atoms with E-state index in [9.17, 15) is 18.0 Å². The summed E-state index contributed by atoms with van der Waals surface area (Å²) in [5.74, 6) is 0. The molecule has 2 saturated heterocycles. The smallest absolute Gasteiger partial charge is 0.316 e. The monoisotopic (exact) mass is 536 g/mol. The lowest BCUT2D eigenvalue weighted by Gasteiger charge is -2.26. The maximum absolute atomic E-state index is 12.9. The molecule has 2 fully saturated rings. The van der Waals surface area contributed by atoms with Crippen molar-refractivity contribution >= 4 is 56.3 Å². The first kappa shape index (κ1) is 22.6. The zero-order valence-electron chi connectivity index (χ0n) is 18.7. The third kappa shape index (κ3) is 3.65. The molecule has 4 bridgehead atoms. The van der Waals surface area contributed by atoms with Crippen LogP contribution in [-0.4, -0.2) is 88.6 Å². The van der Waals surface area contributed by atoms with Crippen molar-refractivity contribution in [2.24, 2.45) is 0 Å². The molecule has 0 aromatic carbocycles. The van der Waals surface area contributed by atoms with Crippen LogP contribution in [0.4, 0.5) is 9.59 Å². The van der Waals surface area contributed by atoms with Crippen molar-refractivity contribution in [2.75, 3.05) is 26.2 Å². The minimum absolute atomic E-state index is 0.285. The van der Waals surface area contributed by atoms with Gasteiger partial charge in [-0.25, -0.2) is 19.6 Å². The summed E-state index contributed by atoms with van der Waals surface area (Å²) in [5, 5.41) is 6.84. The molecule has 2 aromatic rings. The van der Waals surface area contributed by atoms with Gasteiger partial charge in [0.25, 0.3) is 0 Å². The van der Waals surface area contributed by atoms with E-state index in [2.05, 4.69) is 9.97 Å². The van der Waals surface area contributed by atoms with Gasteiger partial charge in [-0.15, -0.1) is 31.2 Å². The van der Waals surface area contributed by atoms with Crippen LogP contribution in [0.15, 0.2) is 34.3 Å². The van der Waals surface area contributed by atoms with Gasteiger partial charge in [-0.2, -0.15) is 18.5 Å². The fourth-order valence-corrected chi connectivity index (χ4v) is 7.02. The van der Waals surface area contributed by atoms with E-state index in [0.717, 1.165) is 42.4 Å². The van der Waals surface area contributed by atoms with E-state index in [1.54, 1.807) is 12.4 Å². The average Bonchev–Trinajstić information content (AvgIpc) is 3.61. The largest absolute Gasteiger partial charge is 0.442 e. The molecule has 184 valence electrons. The van der Waals surface area contributed by atoms with Crippen molar-refractivity contribution in [3.05, 3.63) is 44.3 Å². The lowest BCUT2D eigenvalue weighted by Crippen LogP contribution is -2.41. The molecule has 4 aliphatic heterocycles. The number of rotatable bonds is 6. The fraction of sp³-hybridized carbons (Fsp3) is 0.400. The molecule has 0 spiro atoms. The van der Waals surface area contributed by atoms with E-state index in [-0.39, 0.29) is 13.1 Å². The molecule has 6 rings (SSSR count). The van der Waals surface area contributed by atoms with E-state index in [4.69, 9.17) is 8.57 Å². The maximum Gasteiger partial charge on any atom is 0.442 e. The molecule has 0 radical (unpaired) electrons. The Morgan fingerprint density at radius 1 is 0.829 bits per heavy atom. The second-order valence-electron chi connectivity index (χ2n) is 8.56. The summed E-state index contributed by atoms with van der Waals surface area (Å²) in [7, 11) is -4.80. The number of nitrogens with zero attached hydrogens (tertiary/aromatic N) is 6. The van der Waals surface area contributed by atoms with Gasteiger partial charge in [-0.05, 0) is 25.0 Å². The molecule has 2 aromatic heterocycles. The SMILES string of the molecule is CC1=C(c2nccs2)CN2CC1N(OS(=O)(=O)ON1C(=O)N3CC(c4nccs4)=C(C)C1C3)C2=O. The number of fused-ring (bicyclic) bond motifs is 4. The zero-order valence-corrected chi connectivity index (χ0v) is 21.1. The molecule has 6 heterocycles. The minimum atomic E-state index is -4.80. The van der Waals surface area contributed by atoms with Crippen molar-refractivity contribution < 1.29 is 26.6 Å². The van der Waals surface area contributed by atoms with Crippen molar-refractivity contribution in [1.82, 2.24) is 29.9 Å². The second kappa shape index (κ2) is 8.09. The Morgan fingerprint density at radius 2 is 1.26 bits per heavy atom. The van der Waals surface area contributed by atoms with Crippen LogP contribution < -0.4 is 0 Å². The molecule has 0 N–H and O–H groups in total. The topological polar surface area (TPSA) is 125 Å². The first-order valence-corrected chi connectivity index (χ1v) is 13.8. The van der Waals surface area contributed by atoms with Crippen molar-refractivity contribution in [1.29, 1.82) is 0 Å². The number of aromatic nitrogens is 2. The van der Waals surface area contributed by atoms with E-state index in [1.165, 1.54) is 32.5 Å². The van der Waals surface area contributed by atoms with Crippen LogP contribution in [0.25, 0.3) is 11.1 Å². The van der Waals surface area contributed by atoms with Crippen LogP contribution in [-0.2, 0) is 19.0 Å². The van der Waals surface area contributed by atoms with Crippen molar-refractivity contribution in [3.63, 3.8) is 0 Å². The molecule has 0 saturated carbocycles. The quantitative estimate of drug-likeness (QED) is 0.550. The van der Waals surface area contributed by atoms with Gasteiger partial charge in [0, 0.05) is 47.4 Å². The normalized spacial score (nSPS) is 24.5. The van der Waals surface area contributed by atoms with E-state index in [1.807, 2.05) is 24.6 Å². The van der Waals surface area contributed by atoms with Gasteiger partial charge in [-0.1, -0.05) is 0 Å². The van der Waals surface area contributed by atoms with Crippen LogP contribution in [0.3, 0.4) is 0 Å². The Kier molecular flexibility index (Phi) is 5.23. The highest BCUT2D eigenvalue weighted by atomic mass is 32.3. The van der Waals surface area contributed by atoms with Crippen LogP contribution in [0.1, 0.15) is 23.9 Å². The Hall–Kier alpha value is -2.85. The molecule has 12 nitrogen and oxygen atoms in total. The van der Waals surface area contributed by atoms with Gasteiger partial charge in [0.15, 0.2) is 0 Å². The Balaban J connectivity index is 1.24. The Bertz CT molecular complexity index is 1270. The molecule has 4 aliphatic rings. The van der Waals surface area contributed by atoms with Crippen LogP contribution in [0, 0.1) is 0 Å². The fourth-order valence-electron chi connectivity index (χ4n) is 4.79. The van der Waals surface area contributed by atoms with Crippen molar-refractivity contribution in [3.8, 4) is 0 Å². The van der Waals surface area contributed by atoms with E-state index in [0.29, 0.717) is 13.1 Å². The molecule has 4 amide bonds. The van der Waals surface area contributed by atoms with E-state index < -0.39 is 34.5 Å². The number of urea groups is 2. The summed E-state index contributed by atoms with van der Waals surface area (Å²) in [5.41, 5.74) is 3.31. The summed E-state index contributed by atoms with van der Waals surface area (Å²) >= 11 is 2.89. The Morgan fingerprint density at radius 3 is 1.63 bits per heavy atom. The van der Waals surface area contributed by atoms with Crippen LogP contribution in [0.2, 0.25) is 0 Å². The van der Waals surface area contributed by atoms with Gasteiger partial charge in [0.1, 0.15) is 22.1 Å². The number of carbonyl (C=O) groups excluding carboxylic acids is 2. The number of hydroxylamine groups is 4. The second-order valence-corrected chi connectivity index (χ2v) is 11.5. The van der Waals surface area contributed by atoms with Gasteiger partial charge in [-0.3, -0.25) is 0 Å². The number of amides is 4. The van der Waals surface area contributed by atoms with Gasteiger partial charge < -0.3 is 9.80 Å². The molecule has 0 aliphatic carbocycles. The molecule has 15 heteroatoms. The molecule has 35 heavy (non-hydrogen) atoms. The number of thiazole rings is 2. The van der Waals surface area contributed by atoms with Crippen LogP contribution in [0.5, 0.6) is 0 Å². The number of hydrogen-bond acceptors (Lipinski definition) is 10. The Labute approximate surface area is 208 Å². The predicted octanol–water partition coefficient (Wildman–Crippen LogP) is 2.19. The third-order valence-electron chi connectivity index (χ3n) is 6.64. The third-order valence-corrected chi connectivity index (χ3v) is 9.00. The first-order valence-electron chi connectivity index (χ1n) is 10.7. The maximum atomic E-state index is 12.9. The summed E-state index contributed by atoms with van der Waals surface area (Å²) in [6, 6.07) is -2.43. The van der Waals surface area contributed by atoms with Crippen molar-refractivity contribution in [2.45, 2.75) is 25.9 Å². The molecular weight excluding hydrogens is 516 g/mol. The lowest BCUT2D eigenvalue weighted by molar-refractivity contribution is -0.0746. The first-order chi connectivity index (χ1) is 16.7. The zero-order chi connectivity index (χ0) is 24.5. The summed E-state index contributed by atoms with van der Waals surface area (Å²) < 4.78 is 36.2. The highest BCUT2D eigenvalue weighted by Gasteiger charge is 2.50. The highest BCUT2D eigenvalue weighted by Crippen LogP contribution is 2.38. The highest BCUT2D eigenvalue weighted by molar-refractivity contribution is 7.81. The molecule has 2 unspecified atom stereocenters. The standard InChI is InChI=1S/C20H20N6O6S3/c1-11-13(17-21-3-5-33-17)7-23-9-15(11)25(19(23)27)31-35(29,30)32-26-16-10-24(20(26)28)8-14(12(16)2)18-22-4-6-34-18/h3-6,15-16H,7-10H2,1-2H3. The molecular formula is C20H20N6O6S3. The summed E-state index contributed by atoms with van der Waals surface area (Å²) in [4.78, 5) is 37.4. The number of carbonyl (C=O) groups is 2. The summed E-state index contributed by atoms with van der Waals surface area (Å²) in [6.45, 7) is 4.84. The average molecular weight is 537 g/mol. The van der Waals surface area contributed by atoms with Crippen LogP contribution >= 0.6 is 22.7 Å². The lowest BCUT2D eigenvalue weighted by atomic mass is 9.99. The van der Waals surface area contributed by atoms with E-state index >= 15 is 0 Å².